The maximum atomic E-state index is 10.7. The van der Waals surface area contributed by atoms with Gasteiger partial charge in [-0.05, 0) is 31.0 Å². The SMILES string of the molecule is Cc1ccc(-c2ccc([N+](=O)[O-])cc2C#N)c(C)c1. The molecule has 0 spiro atoms. The van der Waals surface area contributed by atoms with Crippen LogP contribution in [0.1, 0.15) is 16.7 Å². The molecule has 2 aromatic carbocycles. The van der Waals surface area contributed by atoms with Gasteiger partial charge >= 0.3 is 0 Å². The molecule has 4 heteroatoms. The number of rotatable bonds is 2. The highest BCUT2D eigenvalue weighted by Gasteiger charge is 2.13. The zero-order valence-corrected chi connectivity index (χ0v) is 10.7. The number of nitro benzene ring substituents is 1. The number of nitro groups is 1. The summed E-state index contributed by atoms with van der Waals surface area (Å²) in [6, 6.07) is 12.3. The van der Waals surface area contributed by atoms with E-state index in [1.54, 1.807) is 6.07 Å². The van der Waals surface area contributed by atoms with Gasteiger partial charge in [-0.2, -0.15) is 5.26 Å². The number of non-ortho nitro benzene ring substituents is 1. The summed E-state index contributed by atoms with van der Waals surface area (Å²) in [5.41, 5.74) is 4.10. The quantitative estimate of drug-likeness (QED) is 0.603. The van der Waals surface area contributed by atoms with E-state index in [1.165, 1.54) is 12.1 Å². The van der Waals surface area contributed by atoms with Crippen LogP contribution in [0.2, 0.25) is 0 Å². The number of benzene rings is 2. The second-order valence-corrected chi connectivity index (χ2v) is 4.42. The zero-order valence-electron chi connectivity index (χ0n) is 10.7. The maximum absolute atomic E-state index is 10.7. The number of nitrogens with zero attached hydrogens (tertiary/aromatic N) is 2. The van der Waals surface area contributed by atoms with Gasteiger partial charge in [0.2, 0.25) is 0 Å². The molecule has 0 unspecified atom stereocenters. The third-order valence-electron chi connectivity index (χ3n) is 3.01. The van der Waals surface area contributed by atoms with Crippen LogP contribution < -0.4 is 0 Å². The van der Waals surface area contributed by atoms with Crippen molar-refractivity contribution in [1.29, 1.82) is 5.26 Å². The van der Waals surface area contributed by atoms with E-state index < -0.39 is 4.92 Å². The molecule has 0 fully saturated rings. The number of nitriles is 1. The number of aryl methyl sites for hydroxylation is 2. The van der Waals surface area contributed by atoms with Gasteiger partial charge in [0, 0.05) is 17.7 Å². The fourth-order valence-corrected chi connectivity index (χ4v) is 2.09. The summed E-state index contributed by atoms with van der Waals surface area (Å²) < 4.78 is 0. The van der Waals surface area contributed by atoms with E-state index in [0.29, 0.717) is 5.56 Å². The molecule has 94 valence electrons. The van der Waals surface area contributed by atoms with Crippen molar-refractivity contribution >= 4 is 5.69 Å². The number of hydrogen-bond donors (Lipinski definition) is 0. The Balaban J connectivity index is 2.63. The van der Waals surface area contributed by atoms with Crippen LogP contribution in [0, 0.1) is 35.3 Å². The van der Waals surface area contributed by atoms with E-state index in [9.17, 15) is 10.1 Å². The van der Waals surface area contributed by atoms with Gasteiger partial charge in [0.25, 0.3) is 5.69 Å². The van der Waals surface area contributed by atoms with Crippen LogP contribution in [0.25, 0.3) is 11.1 Å². The summed E-state index contributed by atoms with van der Waals surface area (Å²) in [7, 11) is 0. The minimum absolute atomic E-state index is 0.0648. The second-order valence-electron chi connectivity index (χ2n) is 4.42. The van der Waals surface area contributed by atoms with Crippen molar-refractivity contribution in [2.24, 2.45) is 0 Å². The molecule has 0 aliphatic carbocycles. The normalized spacial score (nSPS) is 9.95. The Hall–Kier alpha value is -2.67. The predicted octanol–water partition coefficient (Wildman–Crippen LogP) is 3.75. The van der Waals surface area contributed by atoms with Crippen molar-refractivity contribution in [3.05, 3.63) is 63.2 Å². The van der Waals surface area contributed by atoms with Crippen LogP contribution in [0.15, 0.2) is 36.4 Å². The standard InChI is InChI=1S/C15H12N2O2/c1-10-3-5-14(11(2)7-10)15-6-4-13(17(18)19)8-12(15)9-16/h3-8H,1-2H3. The molecule has 4 nitrogen and oxygen atoms in total. The molecule has 2 rings (SSSR count). The number of hydrogen-bond acceptors (Lipinski definition) is 3. The van der Waals surface area contributed by atoms with Crippen LogP contribution in [0.5, 0.6) is 0 Å². The molecule has 0 aliphatic rings. The van der Waals surface area contributed by atoms with E-state index in [0.717, 1.165) is 22.3 Å². The van der Waals surface area contributed by atoms with Crippen molar-refractivity contribution in [2.45, 2.75) is 13.8 Å². The van der Waals surface area contributed by atoms with Gasteiger partial charge in [0.1, 0.15) is 6.07 Å². The monoisotopic (exact) mass is 252 g/mol. The van der Waals surface area contributed by atoms with Gasteiger partial charge in [-0.1, -0.05) is 23.8 Å². The first-order valence-electron chi connectivity index (χ1n) is 5.79. The Bertz CT molecular complexity index is 700. The van der Waals surface area contributed by atoms with Crippen LogP contribution in [-0.2, 0) is 0 Å². The van der Waals surface area contributed by atoms with E-state index in [1.807, 2.05) is 38.1 Å². The summed E-state index contributed by atoms with van der Waals surface area (Å²) in [4.78, 5) is 10.2. The van der Waals surface area contributed by atoms with Crippen LogP contribution in [-0.4, -0.2) is 4.92 Å². The molecule has 0 aliphatic heterocycles. The van der Waals surface area contributed by atoms with Crippen LogP contribution in [0.4, 0.5) is 5.69 Å². The average molecular weight is 252 g/mol. The van der Waals surface area contributed by atoms with E-state index in [4.69, 9.17) is 5.26 Å². The topological polar surface area (TPSA) is 66.9 Å². The highest BCUT2D eigenvalue weighted by atomic mass is 16.6. The lowest BCUT2D eigenvalue weighted by molar-refractivity contribution is -0.384. The highest BCUT2D eigenvalue weighted by Crippen LogP contribution is 2.29. The Morgan fingerprint density at radius 3 is 2.37 bits per heavy atom. The third kappa shape index (κ3) is 2.45. The van der Waals surface area contributed by atoms with E-state index >= 15 is 0 Å². The molecule has 0 radical (unpaired) electrons. The fourth-order valence-electron chi connectivity index (χ4n) is 2.09. The lowest BCUT2D eigenvalue weighted by Crippen LogP contribution is -1.92. The van der Waals surface area contributed by atoms with Gasteiger partial charge in [0.05, 0.1) is 10.5 Å². The molecule has 0 aromatic heterocycles. The first kappa shape index (κ1) is 12.8. The molecule has 0 atom stereocenters. The molecular weight excluding hydrogens is 240 g/mol. The summed E-state index contributed by atoms with van der Waals surface area (Å²) in [6.07, 6.45) is 0. The van der Waals surface area contributed by atoms with Crippen molar-refractivity contribution in [3.63, 3.8) is 0 Å². The Labute approximate surface area is 111 Å². The third-order valence-corrected chi connectivity index (χ3v) is 3.01. The average Bonchev–Trinajstić information content (AvgIpc) is 2.38. The van der Waals surface area contributed by atoms with Gasteiger partial charge < -0.3 is 0 Å². The summed E-state index contributed by atoms with van der Waals surface area (Å²) in [5.74, 6) is 0. The molecule has 0 amide bonds. The van der Waals surface area contributed by atoms with E-state index in [-0.39, 0.29) is 5.69 Å². The Morgan fingerprint density at radius 2 is 1.79 bits per heavy atom. The van der Waals surface area contributed by atoms with Gasteiger partial charge in [-0.3, -0.25) is 10.1 Å². The minimum atomic E-state index is -0.493. The Kier molecular flexibility index (Phi) is 3.30. The first-order chi connectivity index (χ1) is 9.02. The van der Waals surface area contributed by atoms with E-state index in [2.05, 4.69) is 0 Å². The smallest absolute Gasteiger partial charge is 0.258 e. The minimum Gasteiger partial charge on any atom is -0.258 e. The zero-order chi connectivity index (χ0) is 14.0. The maximum Gasteiger partial charge on any atom is 0.270 e. The fraction of sp³-hybridized carbons (Fsp3) is 0.133. The molecular formula is C15H12N2O2. The lowest BCUT2D eigenvalue weighted by atomic mass is 9.95. The van der Waals surface area contributed by atoms with Gasteiger partial charge in [0.15, 0.2) is 0 Å². The van der Waals surface area contributed by atoms with Crippen molar-refractivity contribution in [2.75, 3.05) is 0 Å². The van der Waals surface area contributed by atoms with Crippen LogP contribution >= 0.6 is 0 Å². The highest BCUT2D eigenvalue weighted by molar-refractivity contribution is 5.74. The van der Waals surface area contributed by atoms with Gasteiger partial charge in [-0.15, -0.1) is 0 Å². The molecule has 2 aromatic rings. The molecule has 0 N–H and O–H groups in total. The summed E-state index contributed by atoms with van der Waals surface area (Å²) in [5, 5.41) is 19.9. The Morgan fingerprint density at radius 1 is 1.11 bits per heavy atom. The predicted molar refractivity (Wildman–Crippen MR) is 72.7 cm³/mol. The van der Waals surface area contributed by atoms with Gasteiger partial charge in [-0.25, -0.2) is 0 Å². The summed E-state index contributed by atoms with van der Waals surface area (Å²) in [6.45, 7) is 3.96. The largest absolute Gasteiger partial charge is 0.270 e. The molecule has 0 heterocycles. The molecule has 0 saturated carbocycles. The lowest BCUT2D eigenvalue weighted by Gasteiger charge is -2.08. The van der Waals surface area contributed by atoms with Crippen molar-refractivity contribution in [3.8, 4) is 17.2 Å². The van der Waals surface area contributed by atoms with Crippen molar-refractivity contribution < 1.29 is 4.92 Å². The molecule has 0 bridgehead atoms. The summed E-state index contributed by atoms with van der Waals surface area (Å²) >= 11 is 0. The second kappa shape index (κ2) is 4.91. The van der Waals surface area contributed by atoms with Crippen molar-refractivity contribution in [1.82, 2.24) is 0 Å². The molecule has 19 heavy (non-hydrogen) atoms. The first-order valence-corrected chi connectivity index (χ1v) is 5.79. The van der Waals surface area contributed by atoms with Crippen LogP contribution in [0.3, 0.4) is 0 Å². The molecule has 0 saturated heterocycles.